The van der Waals surface area contributed by atoms with Gasteiger partial charge in [0.05, 0.1) is 11.2 Å². The number of halogens is 3. The van der Waals surface area contributed by atoms with E-state index >= 15 is 0 Å². The van der Waals surface area contributed by atoms with E-state index < -0.39 is 35.6 Å². The Morgan fingerprint density at radius 3 is 2.00 bits per heavy atom. The van der Waals surface area contributed by atoms with E-state index in [4.69, 9.17) is 14.0 Å². The van der Waals surface area contributed by atoms with Crippen molar-refractivity contribution < 1.29 is 27.2 Å². The molecule has 1 aromatic carbocycles. The third-order valence-electron chi connectivity index (χ3n) is 5.51. The van der Waals surface area contributed by atoms with Gasteiger partial charge in [0.1, 0.15) is 0 Å². The van der Waals surface area contributed by atoms with Crippen molar-refractivity contribution in [1.29, 1.82) is 0 Å². The van der Waals surface area contributed by atoms with Crippen molar-refractivity contribution in [2.75, 3.05) is 0 Å². The Morgan fingerprint density at radius 1 is 1.00 bits per heavy atom. The maximum Gasteiger partial charge on any atom is 0.500 e. The average Bonchev–Trinajstić information content (AvgIpc) is 3.17. The molecule has 2 atom stereocenters. The molecule has 0 amide bonds. The summed E-state index contributed by atoms with van der Waals surface area (Å²) < 4.78 is 58.9. The molecule has 0 radical (unpaired) electrons. The number of hydrogen-bond acceptors (Lipinski definition) is 3. The highest BCUT2D eigenvalue weighted by Gasteiger charge is 2.87. The van der Waals surface area contributed by atoms with Crippen LogP contribution in [0.3, 0.4) is 0 Å². The van der Waals surface area contributed by atoms with Gasteiger partial charge in [0.2, 0.25) is 5.60 Å². The summed E-state index contributed by atoms with van der Waals surface area (Å²) in [4.78, 5) is 0. The molecule has 2 aliphatic heterocycles. The second-order valence-electron chi connectivity index (χ2n) is 7.66. The number of benzene rings is 1. The van der Waals surface area contributed by atoms with Crippen LogP contribution in [0.25, 0.3) is 6.08 Å². The molecule has 3 rings (SSSR count). The highest BCUT2D eigenvalue weighted by atomic mass is 19.4. The van der Waals surface area contributed by atoms with Crippen molar-refractivity contribution in [3.05, 3.63) is 54.6 Å². The second-order valence-corrected chi connectivity index (χ2v) is 7.66. The van der Waals surface area contributed by atoms with Gasteiger partial charge < -0.3 is 14.0 Å². The van der Waals surface area contributed by atoms with Gasteiger partial charge in [-0.15, -0.1) is 6.58 Å². The van der Waals surface area contributed by atoms with Gasteiger partial charge in [0.25, 0.3) is 0 Å². The maximum atomic E-state index is 14.0. The minimum absolute atomic E-state index is 0.638. The number of rotatable bonds is 4. The molecular weight excluding hydrogens is 344 g/mol. The van der Waals surface area contributed by atoms with Crippen LogP contribution in [-0.2, 0) is 14.0 Å². The fraction of sp³-hybridized carbons (Fsp3) is 0.474. The first kappa shape index (κ1) is 19.2. The Hall–Kier alpha value is -1.57. The molecule has 2 saturated heterocycles. The molecule has 0 spiro atoms. The molecule has 26 heavy (non-hydrogen) atoms. The van der Waals surface area contributed by atoms with E-state index in [0.717, 1.165) is 12.2 Å². The molecule has 3 nitrogen and oxygen atoms in total. The first-order valence-electron chi connectivity index (χ1n) is 8.41. The van der Waals surface area contributed by atoms with Crippen LogP contribution in [0, 0.1) is 0 Å². The Kier molecular flexibility index (Phi) is 4.22. The molecule has 0 saturated carbocycles. The topological polar surface area (TPSA) is 31.0 Å². The molecule has 0 aromatic heterocycles. The largest absolute Gasteiger partial charge is 0.500 e. The second kappa shape index (κ2) is 5.71. The van der Waals surface area contributed by atoms with E-state index in [1.54, 1.807) is 58.0 Å². The molecule has 0 unspecified atom stereocenters. The van der Waals surface area contributed by atoms with Gasteiger partial charge in [-0.1, -0.05) is 42.5 Å². The van der Waals surface area contributed by atoms with E-state index in [2.05, 4.69) is 6.58 Å². The molecule has 140 valence electrons. The standard InChI is InChI=1S/C19H22BF3O3/c1-6-18(20-25-15(2,3)16(4,5)26-20)17(24-18,19(21,22)23)13-12-14-10-8-7-9-11-14/h6-13H,1H2,2-5H3/b13-12+/t17-,18+/m0/s1. The van der Waals surface area contributed by atoms with Crippen LogP contribution in [0.15, 0.2) is 49.1 Å². The zero-order valence-electron chi connectivity index (χ0n) is 15.3. The summed E-state index contributed by atoms with van der Waals surface area (Å²) in [5, 5.41) is 0. The Balaban J connectivity index is 1.98. The fourth-order valence-corrected chi connectivity index (χ4v) is 3.09. The number of alkyl halides is 3. The van der Waals surface area contributed by atoms with Gasteiger partial charge in [-0.25, -0.2) is 0 Å². The molecule has 2 fully saturated rings. The van der Waals surface area contributed by atoms with Gasteiger partial charge >= 0.3 is 13.3 Å². The predicted octanol–water partition coefficient (Wildman–Crippen LogP) is 4.59. The lowest BCUT2D eigenvalue weighted by Crippen LogP contribution is -2.48. The molecule has 0 aliphatic carbocycles. The third kappa shape index (κ3) is 2.64. The lowest BCUT2D eigenvalue weighted by Gasteiger charge is -2.32. The van der Waals surface area contributed by atoms with Crippen molar-refractivity contribution in [2.24, 2.45) is 0 Å². The summed E-state index contributed by atoms with van der Waals surface area (Å²) in [6.45, 7) is 10.7. The summed E-state index contributed by atoms with van der Waals surface area (Å²) in [7, 11) is -1.22. The average molecular weight is 366 g/mol. The number of epoxide rings is 1. The highest BCUT2D eigenvalue weighted by molar-refractivity contribution is 6.52. The quantitative estimate of drug-likeness (QED) is 0.444. The van der Waals surface area contributed by atoms with Gasteiger partial charge in [0, 0.05) is 0 Å². The Morgan fingerprint density at radius 2 is 1.54 bits per heavy atom. The van der Waals surface area contributed by atoms with Crippen LogP contribution in [0.2, 0.25) is 0 Å². The zero-order valence-corrected chi connectivity index (χ0v) is 15.3. The minimum Gasteiger partial charge on any atom is -0.401 e. The van der Waals surface area contributed by atoms with Crippen LogP contribution < -0.4 is 0 Å². The first-order valence-corrected chi connectivity index (χ1v) is 8.41. The fourth-order valence-electron chi connectivity index (χ4n) is 3.09. The maximum absolute atomic E-state index is 14.0. The van der Waals surface area contributed by atoms with Crippen molar-refractivity contribution >= 4 is 13.2 Å². The molecular formula is C19H22BF3O3. The summed E-state index contributed by atoms with van der Waals surface area (Å²) in [5.41, 5.74) is -5.29. The van der Waals surface area contributed by atoms with Crippen LogP contribution in [-0.4, -0.2) is 35.6 Å². The molecule has 1 aromatic rings. The molecule has 0 N–H and O–H groups in total. The van der Waals surface area contributed by atoms with Crippen LogP contribution in [0.5, 0.6) is 0 Å². The lowest BCUT2D eigenvalue weighted by atomic mass is 9.64. The van der Waals surface area contributed by atoms with Crippen LogP contribution in [0.1, 0.15) is 33.3 Å². The van der Waals surface area contributed by atoms with Gasteiger partial charge in [0.15, 0.2) is 5.50 Å². The van der Waals surface area contributed by atoms with Crippen molar-refractivity contribution in [3.8, 4) is 0 Å². The predicted molar refractivity (Wildman–Crippen MR) is 94.4 cm³/mol. The lowest BCUT2D eigenvalue weighted by molar-refractivity contribution is -0.169. The van der Waals surface area contributed by atoms with E-state index in [1.807, 2.05) is 0 Å². The summed E-state index contributed by atoms with van der Waals surface area (Å²) in [6.07, 6.45) is -1.10. The number of hydrogen-bond donors (Lipinski definition) is 0. The normalized spacial score (nSPS) is 32.8. The third-order valence-corrected chi connectivity index (χ3v) is 5.51. The van der Waals surface area contributed by atoms with Gasteiger partial charge in [-0.2, -0.15) is 13.2 Å². The summed E-state index contributed by atoms with van der Waals surface area (Å²) in [5.74, 6) is 0. The van der Waals surface area contributed by atoms with Gasteiger partial charge in [-0.3, -0.25) is 0 Å². The molecule has 0 bridgehead atoms. The SMILES string of the molecule is C=C[C@@]1(B2OC(C)(C)C(C)(C)O2)O[C@]1(/C=C/c1ccccc1)C(F)(F)F. The van der Waals surface area contributed by atoms with E-state index in [1.165, 1.54) is 6.08 Å². The zero-order chi connectivity index (χ0) is 19.4. The molecule has 7 heteroatoms. The molecule has 2 aliphatic rings. The first-order chi connectivity index (χ1) is 11.9. The van der Waals surface area contributed by atoms with Crippen LogP contribution in [0.4, 0.5) is 13.2 Å². The number of ether oxygens (including phenoxy) is 1. The van der Waals surface area contributed by atoms with E-state index in [0.29, 0.717) is 5.56 Å². The van der Waals surface area contributed by atoms with E-state index in [9.17, 15) is 13.2 Å². The molecule has 2 heterocycles. The van der Waals surface area contributed by atoms with Crippen LogP contribution >= 0.6 is 0 Å². The van der Waals surface area contributed by atoms with Gasteiger partial charge in [-0.05, 0) is 39.3 Å². The van der Waals surface area contributed by atoms with E-state index in [-0.39, 0.29) is 0 Å². The summed E-state index contributed by atoms with van der Waals surface area (Å²) in [6, 6.07) is 8.73. The Labute approximate surface area is 152 Å². The summed E-state index contributed by atoms with van der Waals surface area (Å²) >= 11 is 0. The van der Waals surface area contributed by atoms with Crippen molar-refractivity contribution in [3.63, 3.8) is 0 Å². The van der Waals surface area contributed by atoms with Crippen molar-refractivity contribution in [2.45, 2.75) is 56.2 Å². The van der Waals surface area contributed by atoms with Crippen molar-refractivity contribution in [1.82, 2.24) is 0 Å². The highest BCUT2D eigenvalue weighted by Crippen LogP contribution is 2.62. The monoisotopic (exact) mass is 366 g/mol. The Bertz CT molecular complexity index is 713. The smallest absolute Gasteiger partial charge is 0.401 e. The minimum atomic E-state index is -4.66.